The van der Waals surface area contributed by atoms with Crippen LogP contribution >= 0.6 is 0 Å². The molecule has 2 rings (SSSR count). The van der Waals surface area contributed by atoms with Crippen molar-refractivity contribution in [3.05, 3.63) is 52.1 Å². The molecule has 0 amide bonds. The van der Waals surface area contributed by atoms with Gasteiger partial charge in [0.2, 0.25) is 0 Å². The van der Waals surface area contributed by atoms with Crippen LogP contribution in [-0.2, 0) is 0 Å². The Balaban J connectivity index is 2.75. The van der Waals surface area contributed by atoms with Gasteiger partial charge in [0.25, 0.3) is 0 Å². The zero-order valence-corrected chi connectivity index (χ0v) is 10.0. The van der Waals surface area contributed by atoms with Crippen LogP contribution in [0.3, 0.4) is 0 Å². The van der Waals surface area contributed by atoms with Gasteiger partial charge in [-0.05, 0) is 27.4 Å². The van der Waals surface area contributed by atoms with Crippen LogP contribution in [0.15, 0.2) is 41.4 Å². The summed E-state index contributed by atoms with van der Waals surface area (Å²) in [6, 6.07) is 10.1. The maximum absolute atomic E-state index is 11.3. The molecule has 2 aromatic carbocycles. The molecule has 0 saturated carbocycles. The number of carboxylic acid groups (broad SMARTS) is 1. The van der Waals surface area contributed by atoms with Gasteiger partial charge in [-0.3, -0.25) is 0 Å². The average molecular weight is 258 g/mol. The van der Waals surface area contributed by atoms with Gasteiger partial charge in [-0.15, -0.1) is 0 Å². The third kappa shape index (κ3) is 2.42. The van der Waals surface area contributed by atoms with Crippen molar-refractivity contribution in [3.63, 3.8) is 0 Å². The molecule has 0 heterocycles. The van der Waals surface area contributed by atoms with Crippen LogP contribution in [0.25, 0.3) is 10.8 Å². The van der Waals surface area contributed by atoms with Crippen molar-refractivity contribution in [2.45, 2.75) is 6.92 Å². The molecule has 0 spiro atoms. The van der Waals surface area contributed by atoms with Crippen LogP contribution in [0.1, 0.15) is 17.3 Å². The number of benzene rings is 2. The Hall–Kier alpha value is -2.76. The third-order valence-electron chi connectivity index (χ3n) is 2.67. The predicted octanol–water partition coefficient (Wildman–Crippen LogP) is 2.86. The summed E-state index contributed by atoms with van der Waals surface area (Å²) in [5.74, 6) is -1.51. The third-order valence-corrected chi connectivity index (χ3v) is 2.67. The molecule has 0 saturated heterocycles. The number of aromatic carboxylic acids is 1. The molecule has 0 fully saturated rings. The molecule has 0 unspecified atom stereocenters. The van der Waals surface area contributed by atoms with E-state index in [1.165, 1.54) is 13.0 Å². The lowest BCUT2D eigenvalue weighted by molar-refractivity contribution is -0.351. The van der Waals surface area contributed by atoms with Gasteiger partial charge in [-0.25, -0.2) is 4.79 Å². The van der Waals surface area contributed by atoms with E-state index in [1.54, 1.807) is 30.3 Å². The van der Waals surface area contributed by atoms with Crippen LogP contribution in [0.5, 0.6) is 0 Å². The highest BCUT2D eigenvalue weighted by Crippen LogP contribution is 2.28. The summed E-state index contributed by atoms with van der Waals surface area (Å²) in [6.45, 7) is 1.22. The average Bonchev–Trinajstić information content (AvgIpc) is 2.37. The lowest BCUT2D eigenvalue weighted by Crippen LogP contribution is -2.06. The second-order valence-electron chi connectivity index (χ2n) is 3.90. The summed E-state index contributed by atoms with van der Waals surface area (Å²) in [5.41, 5.74) is 0.0553. The Morgan fingerprint density at radius 2 is 1.95 bits per heavy atom. The SMILES string of the molecule is CC(=Nc1ccc2ccccc2c1C(=O)O)[N+](=O)[O-]. The van der Waals surface area contributed by atoms with Gasteiger partial charge in [-0.1, -0.05) is 24.3 Å². The van der Waals surface area contributed by atoms with Crippen LogP contribution < -0.4 is 0 Å². The first-order valence-electron chi connectivity index (χ1n) is 5.45. The molecule has 0 aromatic heterocycles. The quantitative estimate of drug-likeness (QED) is 0.388. The van der Waals surface area contributed by atoms with Crippen LogP contribution in [0.2, 0.25) is 0 Å². The maximum atomic E-state index is 11.3. The van der Waals surface area contributed by atoms with Crippen LogP contribution in [-0.4, -0.2) is 21.8 Å². The molecule has 19 heavy (non-hydrogen) atoms. The molecule has 0 aliphatic carbocycles. The fraction of sp³-hybridized carbons (Fsp3) is 0.0769. The van der Waals surface area contributed by atoms with E-state index in [9.17, 15) is 20.0 Å². The maximum Gasteiger partial charge on any atom is 0.340 e. The smallest absolute Gasteiger partial charge is 0.340 e. The first kappa shape index (κ1) is 12.7. The molecule has 96 valence electrons. The lowest BCUT2D eigenvalue weighted by Gasteiger charge is -2.03. The largest absolute Gasteiger partial charge is 0.478 e. The van der Waals surface area contributed by atoms with E-state index in [0.717, 1.165) is 5.39 Å². The number of hydrogen-bond donors (Lipinski definition) is 1. The highest BCUT2D eigenvalue weighted by atomic mass is 16.6. The minimum absolute atomic E-state index is 0.0284. The van der Waals surface area contributed by atoms with Gasteiger partial charge < -0.3 is 15.2 Å². The van der Waals surface area contributed by atoms with Crippen molar-refractivity contribution in [2.75, 3.05) is 0 Å². The number of nitro groups is 1. The van der Waals surface area contributed by atoms with E-state index in [0.29, 0.717) is 5.39 Å². The van der Waals surface area contributed by atoms with E-state index in [4.69, 9.17) is 0 Å². The lowest BCUT2D eigenvalue weighted by atomic mass is 10.0. The molecule has 0 atom stereocenters. The van der Waals surface area contributed by atoms with E-state index < -0.39 is 10.9 Å². The topological polar surface area (TPSA) is 92.8 Å². The van der Waals surface area contributed by atoms with Crippen molar-refractivity contribution in [2.24, 2.45) is 4.99 Å². The summed E-state index contributed by atoms with van der Waals surface area (Å²) in [4.78, 5) is 25.0. The van der Waals surface area contributed by atoms with Crippen molar-refractivity contribution in [1.29, 1.82) is 0 Å². The molecule has 1 N–H and O–H groups in total. The molecule has 0 bridgehead atoms. The number of carboxylic acids is 1. The van der Waals surface area contributed by atoms with Gasteiger partial charge in [-0.2, -0.15) is 0 Å². The van der Waals surface area contributed by atoms with Gasteiger partial charge in [0.1, 0.15) is 5.56 Å². The number of rotatable bonds is 2. The molecule has 6 nitrogen and oxygen atoms in total. The van der Waals surface area contributed by atoms with Crippen molar-refractivity contribution < 1.29 is 14.8 Å². The minimum Gasteiger partial charge on any atom is -0.478 e. The zero-order valence-electron chi connectivity index (χ0n) is 10.0. The molecule has 2 aromatic rings. The van der Waals surface area contributed by atoms with E-state index in [2.05, 4.69) is 4.99 Å². The van der Waals surface area contributed by atoms with Crippen LogP contribution in [0.4, 0.5) is 5.69 Å². The monoisotopic (exact) mass is 258 g/mol. The van der Waals surface area contributed by atoms with Gasteiger partial charge in [0.15, 0.2) is 5.69 Å². The van der Waals surface area contributed by atoms with E-state index >= 15 is 0 Å². The first-order valence-corrected chi connectivity index (χ1v) is 5.45. The van der Waals surface area contributed by atoms with Gasteiger partial charge >= 0.3 is 11.8 Å². The first-order chi connectivity index (χ1) is 9.00. The highest BCUT2D eigenvalue weighted by Gasteiger charge is 2.19. The molecular weight excluding hydrogens is 248 g/mol. The van der Waals surface area contributed by atoms with Crippen LogP contribution in [0, 0.1) is 10.1 Å². The van der Waals surface area contributed by atoms with E-state index in [1.807, 2.05) is 0 Å². The van der Waals surface area contributed by atoms with Crippen molar-refractivity contribution in [1.82, 2.24) is 0 Å². The number of hydrogen-bond acceptors (Lipinski definition) is 4. The Kier molecular flexibility index (Phi) is 3.24. The van der Waals surface area contributed by atoms with Crippen molar-refractivity contribution >= 4 is 28.3 Å². The van der Waals surface area contributed by atoms with Crippen molar-refractivity contribution in [3.8, 4) is 0 Å². The number of nitrogens with zero attached hydrogens (tertiary/aromatic N) is 2. The number of carbonyl (C=O) groups is 1. The summed E-state index contributed by atoms with van der Waals surface area (Å²) in [7, 11) is 0. The number of amidine groups is 1. The molecule has 0 aliphatic rings. The Labute approximate surface area is 108 Å². The number of aliphatic imine (C=N–C) groups is 1. The van der Waals surface area contributed by atoms with Gasteiger partial charge in [0.05, 0.1) is 0 Å². The molecule has 6 heteroatoms. The Morgan fingerprint density at radius 3 is 2.58 bits per heavy atom. The second kappa shape index (κ2) is 4.85. The second-order valence-corrected chi connectivity index (χ2v) is 3.90. The molecular formula is C13H10N2O4. The standard InChI is InChI=1S/C13H10N2O4/c1-8(15(18)19)14-11-7-6-9-4-2-3-5-10(9)12(11)13(16)17/h2-7H,1H3,(H,16,17). The summed E-state index contributed by atoms with van der Waals surface area (Å²) in [6.07, 6.45) is 0. The highest BCUT2D eigenvalue weighted by molar-refractivity contribution is 6.08. The summed E-state index contributed by atoms with van der Waals surface area (Å²) in [5, 5.41) is 21.1. The Morgan fingerprint density at radius 1 is 1.26 bits per heavy atom. The normalized spacial score (nSPS) is 11.5. The fourth-order valence-electron chi connectivity index (χ4n) is 1.79. The summed E-state index contributed by atoms with van der Waals surface area (Å²) >= 11 is 0. The molecule has 0 radical (unpaired) electrons. The molecule has 0 aliphatic heterocycles. The minimum atomic E-state index is -1.16. The summed E-state index contributed by atoms with van der Waals surface area (Å²) < 4.78 is 0. The Bertz CT molecular complexity index is 707. The predicted molar refractivity (Wildman–Crippen MR) is 70.7 cm³/mol. The fourth-order valence-corrected chi connectivity index (χ4v) is 1.79. The number of fused-ring (bicyclic) bond motifs is 1. The van der Waals surface area contributed by atoms with Gasteiger partial charge in [0, 0.05) is 12.3 Å². The zero-order chi connectivity index (χ0) is 14.0. The van der Waals surface area contributed by atoms with E-state index in [-0.39, 0.29) is 17.1 Å².